The van der Waals surface area contributed by atoms with E-state index < -0.39 is 29.6 Å². The van der Waals surface area contributed by atoms with Crippen LogP contribution >= 0.6 is 0 Å². The van der Waals surface area contributed by atoms with Crippen LogP contribution in [0.25, 0.3) is 11.2 Å². The highest BCUT2D eigenvalue weighted by molar-refractivity contribution is 5.84. The summed E-state index contributed by atoms with van der Waals surface area (Å²) >= 11 is 0. The van der Waals surface area contributed by atoms with Crippen LogP contribution in [-0.4, -0.2) is 48.5 Å². The molecular formula is C32H26FN5O4. The smallest absolute Gasteiger partial charge is 0.312 e. The SMILES string of the molecule is C#C[C@@]1(O)[C@H](O)C(=C)O[C@H]1n1cnc2c(NC(c3ccccc3)(c3ccccc3)c3ccc(OC)cc3)nc(F)nc21. The number of rotatable bonds is 7. The number of hydrogen-bond donors (Lipinski definition) is 3. The maximum Gasteiger partial charge on any atom is 0.312 e. The molecule has 1 aliphatic heterocycles. The zero-order chi connectivity index (χ0) is 29.5. The summed E-state index contributed by atoms with van der Waals surface area (Å²) in [6.07, 6.45) is 2.87. The first-order chi connectivity index (χ1) is 20.3. The maximum absolute atomic E-state index is 15.2. The van der Waals surface area contributed by atoms with Crippen LogP contribution in [0.1, 0.15) is 22.9 Å². The van der Waals surface area contributed by atoms with E-state index in [9.17, 15) is 10.2 Å². The Morgan fingerprint density at radius 2 is 1.62 bits per heavy atom. The minimum atomic E-state index is -2.19. The molecule has 3 aromatic carbocycles. The Morgan fingerprint density at radius 1 is 1.02 bits per heavy atom. The van der Waals surface area contributed by atoms with Crippen LogP contribution in [0.15, 0.2) is 104 Å². The van der Waals surface area contributed by atoms with E-state index >= 15 is 4.39 Å². The number of hydrogen-bond acceptors (Lipinski definition) is 8. The van der Waals surface area contributed by atoms with Crippen molar-refractivity contribution in [1.29, 1.82) is 0 Å². The van der Waals surface area contributed by atoms with Gasteiger partial charge in [-0.05, 0) is 28.8 Å². The van der Waals surface area contributed by atoms with Gasteiger partial charge in [0, 0.05) is 0 Å². The van der Waals surface area contributed by atoms with Gasteiger partial charge in [-0.25, -0.2) is 4.98 Å². The molecule has 0 radical (unpaired) electrons. The zero-order valence-corrected chi connectivity index (χ0v) is 22.5. The summed E-state index contributed by atoms with van der Waals surface area (Å²) in [7, 11) is 1.59. The van der Waals surface area contributed by atoms with Crippen molar-refractivity contribution in [3.05, 3.63) is 126 Å². The standard InChI is InChI=1S/C32H26FN5O4/c1-4-31(40)26(39)20(2)42-29(31)38-19-34-25-27(35-30(33)36-28(25)38)37-32(21-11-7-5-8-12-21,22-13-9-6-10-14-22)23-15-17-24(41-3)18-16-23/h1,5-19,26,29,39-40H,2H2,3H3,(H,35,36,37)/t26-,29-,31-/m1/s1. The van der Waals surface area contributed by atoms with Crippen molar-refractivity contribution in [2.45, 2.75) is 23.5 Å². The van der Waals surface area contributed by atoms with E-state index in [0.29, 0.717) is 5.75 Å². The quantitative estimate of drug-likeness (QED) is 0.154. The molecular weight excluding hydrogens is 537 g/mol. The fraction of sp³-hybridized carbons (Fsp3) is 0.156. The second kappa shape index (κ2) is 10.3. The highest BCUT2D eigenvalue weighted by Crippen LogP contribution is 2.43. The second-order valence-corrected chi connectivity index (χ2v) is 9.81. The average molecular weight is 564 g/mol. The van der Waals surface area contributed by atoms with Gasteiger partial charge in [-0.15, -0.1) is 6.42 Å². The molecule has 3 atom stereocenters. The molecule has 9 nitrogen and oxygen atoms in total. The molecule has 1 aliphatic rings. The Balaban J connectivity index is 1.58. The van der Waals surface area contributed by atoms with Gasteiger partial charge in [0.2, 0.25) is 11.8 Å². The molecule has 0 spiro atoms. The van der Waals surface area contributed by atoms with Crippen LogP contribution in [0.3, 0.4) is 0 Å². The van der Waals surface area contributed by atoms with E-state index in [1.54, 1.807) is 7.11 Å². The van der Waals surface area contributed by atoms with Crippen LogP contribution in [0, 0.1) is 18.4 Å². The largest absolute Gasteiger partial charge is 0.497 e. The Morgan fingerprint density at radius 3 is 2.19 bits per heavy atom. The monoisotopic (exact) mass is 563 g/mol. The lowest BCUT2D eigenvalue weighted by molar-refractivity contribution is -0.0630. The van der Waals surface area contributed by atoms with Gasteiger partial charge < -0.3 is 25.0 Å². The van der Waals surface area contributed by atoms with E-state index in [-0.39, 0.29) is 22.7 Å². The van der Waals surface area contributed by atoms with Gasteiger partial charge in [0.05, 0.1) is 7.11 Å². The predicted molar refractivity (Wildman–Crippen MR) is 154 cm³/mol. The summed E-state index contributed by atoms with van der Waals surface area (Å²) in [6.45, 7) is 3.63. The Hall–Kier alpha value is -5.24. The van der Waals surface area contributed by atoms with Crippen LogP contribution in [0.2, 0.25) is 0 Å². The number of aliphatic hydroxyl groups is 2. The molecule has 1 fully saturated rings. The number of imidazole rings is 1. The summed E-state index contributed by atoms with van der Waals surface area (Å²) < 4.78 is 27.5. The molecule has 2 aromatic heterocycles. The molecule has 3 N–H and O–H groups in total. The zero-order valence-electron chi connectivity index (χ0n) is 22.5. The lowest BCUT2D eigenvalue weighted by Crippen LogP contribution is -2.43. The average Bonchev–Trinajstić information content (AvgIpc) is 3.55. The molecule has 0 bridgehead atoms. The van der Waals surface area contributed by atoms with Crippen LogP contribution < -0.4 is 10.1 Å². The van der Waals surface area contributed by atoms with Crippen LogP contribution in [0.4, 0.5) is 10.2 Å². The minimum Gasteiger partial charge on any atom is -0.497 e. The highest BCUT2D eigenvalue weighted by atomic mass is 19.1. The molecule has 0 unspecified atom stereocenters. The first-order valence-electron chi connectivity index (χ1n) is 13.0. The molecule has 0 saturated carbocycles. The molecule has 42 heavy (non-hydrogen) atoms. The van der Waals surface area contributed by atoms with Gasteiger partial charge in [-0.1, -0.05) is 85.3 Å². The number of benzene rings is 3. The van der Waals surface area contributed by atoms with Crippen molar-refractivity contribution < 1.29 is 24.1 Å². The second-order valence-electron chi connectivity index (χ2n) is 9.81. The lowest BCUT2D eigenvalue weighted by Gasteiger charge is -2.37. The van der Waals surface area contributed by atoms with Crippen molar-refractivity contribution in [3.63, 3.8) is 0 Å². The third-order valence-electron chi connectivity index (χ3n) is 7.48. The van der Waals surface area contributed by atoms with E-state index in [1.807, 2.05) is 84.9 Å². The van der Waals surface area contributed by atoms with Crippen molar-refractivity contribution in [2.75, 3.05) is 12.4 Å². The number of ether oxygens (including phenoxy) is 2. The van der Waals surface area contributed by atoms with E-state index in [2.05, 4.69) is 32.8 Å². The van der Waals surface area contributed by atoms with Crippen LogP contribution in [-0.2, 0) is 10.3 Å². The van der Waals surface area contributed by atoms with Crippen molar-refractivity contribution in [1.82, 2.24) is 19.5 Å². The number of nitrogens with zero attached hydrogens (tertiary/aromatic N) is 4. The van der Waals surface area contributed by atoms with E-state index in [4.69, 9.17) is 15.9 Å². The number of nitrogens with one attached hydrogen (secondary N) is 1. The first-order valence-corrected chi connectivity index (χ1v) is 13.0. The van der Waals surface area contributed by atoms with Gasteiger partial charge in [-0.3, -0.25) is 4.57 Å². The highest BCUT2D eigenvalue weighted by Gasteiger charge is 2.54. The fourth-order valence-electron chi connectivity index (χ4n) is 5.36. The van der Waals surface area contributed by atoms with Gasteiger partial charge >= 0.3 is 6.08 Å². The number of halogens is 1. The van der Waals surface area contributed by atoms with E-state index in [1.165, 1.54) is 10.9 Å². The summed E-state index contributed by atoms with van der Waals surface area (Å²) in [5.74, 6) is 2.78. The third kappa shape index (κ3) is 4.15. The molecule has 0 amide bonds. The molecule has 6 rings (SSSR count). The van der Waals surface area contributed by atoms with Crippen LogP contribution in [0.5, 0.6) is 5.75 Å². The number of fused-ring (bicyclic) bond motifs is 1. The van der Waals surface area contributed by atoms with Gasteiger partial charge in [0.1, 0.15) is 23.4 Å². The molecule has 3 heterocycles. The topological polar surface area (TPSA) is 115 Å². The number of aliphatic hydroxyl groups excluding tert-OH is 1. The molecule has 210 valence electrons. The number of aromatic nitrogens is 4. The first kappa shape index (κ1) is 27.0. The Kier molecular flexibility index (Phi) is 6.61. The normalized spacial score (nSPS) is 20.2. The summed E-state index contributed by atoms with van der Waals surface area (Å²) in [5.41, 5.74) is -0.624. The summed E-state index contributed by atoms with van der Waals surface area (Å²) in [4.78, 5) is 12.5. The van der Waals surface area contributed by atoms with Gasteiger partial charge in [0.25, 0.3) is 0 Å². The summed E-state index contributed by atoms with van der Waals surface area (Å²) in [5, 5.41) is 25.0. The van der Waals surface area contributed by atoms with Crippen molar-refractivity contribution in [2.24, 2.45) is 0 Å². The summed E-state index contributed by atoms with van der Waals surface area (Å²) in [6, 6.07) is 26.9. The lowest BCUT2D eigenvalue weighted by atomic mass is 9.77. The maximum atomic E-state index is 15.2. The third-order valence-corrected chi connectivity index (χ3v) is 7.48. The molecule has 10 heteroatoms. The van der Waals surface area contributed by atoms with Crippen molar-refractivity contribution in [3.8, 4) is 18.1 Å². The Labute approximate surface area is 240 Å². The molecule has 1 saturated heterocycles. The number of terminal acetylenes is 1. The molecule has 5 aromatic rings. The number of anilines is 1. The molecule has 0 aliphatic carbocycles. The van der Waals surface area contributed by atoms with Crippen molar-refractivity contribution >= 4 is 17.0 Å². The van der Waals surface area contributed by atoms with Gasteiger partial charge in [0.15, 0.2) is 23.1 Å². The minimum absolute atomic E-state index is 0.0182. The number of methoxy groups -OCH3 is 1. The van der Waals surface area contributed by atoms with Gasteiger partial charge in [-0.2, -0.15) is 14.4 Å². The predicted octanol–water partition coefficient (Wildman–Crippen LogP) is 4.15. The van der Waals surface area contributed by atoms with E-state index in [0.717, 1.165) is 16.7 Å². The Bertz CT molecular complexity index is 1770. The fourth-order valence-corrected chi connectivity index (χ4v) is 5.36.